The highest BCUT2D eigenvalue weighted by Crippen LogP contribution is 2.27. The first kappa shape index (κ1) is 32.8. The average molecular weight is 549 g/mol. The van der Waals surface area contributed by atoms with Crippen molar-refractivity contribution in [2.24, 2.45) is 23.3 Å². The number of carbonyl (C=O) groups is 2. The summed E-state index contributed by atoms with van der Waals surface area (Å²) in [6, 6.07) is 0. The highest BCUT2D eigenvalue weighted by Gasteiger charge is 2.22. The van der Waals surface area contributed by atoms with Crippen LogP contribution >= 0.6 is 0 Å². The number of nitrogens with two attached hydrogens (primary N) is 2. The van der Waals surface area contributed by atoms with Crippen LogP contribution in [0.1, 0.15) is 70.6 Å². The summed E-state index contributed by atoms with van der Waals surface area (Å²) >= 11 is 0. The molecule has 2 rings (SSSR count). The van der Waals surface area contributed by atoms with E-state index in [0.717, 1.165) is 77.0 Å². The van der Waals surface area contributed by atoms with Crippen molar-refractivity contribution in [2.75, 3.05) is 65.4 Å². The quantitative estimate of drug-likeness (QED) is 0.126. The lowest BCUT2D eigenvalue weighted by Gasteiger charge is -2.33. The fourth-order valence-electron chi connectivity index (χ4n) is 5.52. The van der Waals surface area contributed by atoms with Gasteiger partial charge < -0.3 is 42.5 Å². The fraction of sp³-hybridized carbons (Fsp3) is 0.793. The molecule has 2 saturated heterocycles. The van der Waals surface area contributed by atoms with E-state index in [1.54, 1.807) is 0 Å². The van der Waals surface area contributed by atoms with E-state index in [1.807, 2.05) is 0 Å². The summed E-state index contributed by atoms with van der Waals surface area (Å²) < 4.78 is 0. The van der Waals surface area contributed by atoms with Gasteiger partial charge in [-0.3, -0.25) is 9.59 Å². The molecule has 2 amide bonds. The Bertz CT molecular complexity index is 671. The normalized spacial score (nSPS) is 17.4. The van der Waals surface area contributed by atoms with Crippen molar-refractivity contribution in [1.82, 2.24) is 31.1 Å². The molecule has 0 aromatic rings. The van der Waals surface area contributed by atoms with Crippen molar-refractivity contribution in [1.29, 1.82) is 0 Å². The Morgan fingerprint density at radius 1 is 0.615 bits per heavy atom. The van der Waals surface area contributed by atoms with E-state index in [1.165, 1.54) is 44.9 Å². The largest absolute Gasteiger partial charge is 0.386 e. The molecule has 10 nitrogen and oxygen atoms in total. The van der Waals surface area contributed by atoms with E-state index in [4.69, 9.17) is 11.5 Å². The Labute approximate surface area is 236 Å². The summed E-state index contributed by atoms with van der Waals surface area (Å²) in [5, 5.41) is 11.9. The molecule has 2 fully saturated rings. The first-order valence-corrected chi connectivity index (χ1v) is 15.2. The zero-order chi connectivity index (χ0) is 28.3. The predicted molar refractivity (Wildman–Crippen MR) is 159 cm³/mol. The van der Waals surface area contributed by atoms with Crippen LogP contribution in [0.5, 0.6) is 0 Å². The molecule has 0 aromatic carbocycles. The van der Waals surface area contributed by atoms with E-state index in [2.05, 4.69) is 44.2 Å². The summed E-state index contributed by atoms with van der Waals surface area (Å²) in [4.78, 5) is 29.0. The smallest absolute Gasteiger partial charge is 0.221 e. The van der Waals surface area contributed by atoms with Crippen LogP contribution in [-0.4, -0.2) is 87.1 Å². The highest BCUT2D eigenvalue weighted by atomic mass is 16.2. The number of nitrogens with one attached hydrogen (secondary N) is 4. The standard InChI is InChI=1S/C29H56N8O2/c1-24(30)32-14-4-16-34-28(38)12-22-36-18-8-26(9-19-36)6-3-7-27-10-20-37(21-11-27)23-13-29(39)35-17-5-15-33-25(2)31/h26-27,32-33H,1-23,30-31H2,(H,34,38)(H,35,39). The lowest BCUT2D eigenvalue weighted by molar-refractivity contribution is -0.122. The molecule has 0 radical (unpaired) electrons. The molecule has 2 heterocycles. The topological polar surface area (TPSA) is 141 Å². The van der Waals surface area contributed by atoms with E-state index in [0.29, 0.717) is 37.6 Å². The van der Waals surface area contributed by atoms with Gasteiger partial charge in [-0.1, -0.05) is 32.4 Å². The lowest BCUT2D eigenvalue weighted by Crippen LogP contribution is -2.37. The molecule has 10 heteroatoms. The van der Waals surface area contributed by atoms with E-state index in [-0.39, 0.29) is 11.8 Å². The molecule has 2 aliphatic heterocycles. The van der Waals surface area contributed by atoms with Crippen molar-refractivity contribution in [3.63, 3.8) is 0 Å². The molecule has 0 spiro atoms. The lowest BCUT2D eigenvalue weighted by atomic mass is 9.87. The van der Waals surface area contributed by atoms with Crippen LogP contribution in [0.3, 0.4) is 0 Å². The van der Waals surface area contributed by atoms with Gasteiger partial charge in [0.2, 0.25) is 11.8 Å². The maximum Gasteiger partial charge on any atom is 0.221 e. The van der Waals surface area contributed by atoms with Crippen LogP contribution in [-0.2, 0) is 9.59 Å². The average Bonchev–Trinajstić information content (AvgIpc) is 2.91. The van der Waals surface area contributed by atoms with Crippen molar-refractivity contribution < 1.29 is 9.59 Å². The van der Waals surface area contributed by atoms with Crippen LogP contribution in [0.15, 0.2) is 24.8 Å². The number of nitrogens with zero attached hydrogens (tertiary/aromatic N) is 2. The number of amides is 2. The summed E-state index contributed by atoms with van der Waals surface area (Å²) in [6.45, 7) is 16.2. The number of rotatable bonds is 20. The second kappa shape index (κ2) is 19.6. The molecule has 224 valence electrons. The van der Waals surface area contributed by atoms with Gasteiger partial charge in [-0.05, 0) is 76.5 Å². The van der Waals surface area contributed by atoms with Crippen LogP contribution in [0.4, 0.5) is 0 Å². The summed E-state index contributed by atoms with van der Waals surface area (Å²) in [6.07, 6.45) is 11.9. The minimum absolute atomic E-state index is 0.136. The van der Waals surface area contributed by atoms with Gasteiger partial charge >= 0.3 is 0 Å². The first-order chi connectivity index (χ1) is 18.8. The van der Waals surface area contributed by atoms with Crippen molar-refractivity contribution in [2.45, 2.75) is 70.6 Å². The van der Waals surface area contributed by atoms with Crippen LogP contribution in [0.25, 0.3) is 0 Å². The maximum absolute atomic E-state index is 12.1. The zero-order valence-corrected chi connectivity index (χ0v) is 24.3. The molecule has 2 aliphatic rings. The van der Waals surface area contributed by atoms with Gasteiger partial charge in [0.15, 0.2) is 0 Å². The van der Waals surface area contributed by atoms with Gasteiger partial charge in [0.25, 0.3) is 0 Å². The van der Waals surface area contributed by atoms with Crippen LogP contribution in [0, 0.1) is 11.8 Å². The molecule has 0 bridgehead atoms. The third-order valence-corrected chi connectivity index (χ3v) is 8.00. The Morgan fingerprint density at radius 3 is 1.33 bits per heavy atom. The number of carbonyl (C=O) groups excluding carboxylic acids is 2. The predicted octanol–water partition coefficient (Wildman–Crippen LogP) is 1.41. The Kier molecular flexibility index (Phi) is 16.4. The van der Waals surface area contributed by atoms with Crippen LogP contribution in [0.2, 0.25) is 0 Å². The third-order valence-electron chi connectivity index (χ3n) is 8.00. The molecular formula is C29H56N8O2. The third kappa shape index (κ3) is 16.3. The zero-order valence-electron chi connectivity index (χ0n) is 24.3. The van der Waals surface area contributed by atoms with Crippen molar-refractivity contribution >= 4 is 11.8 Å². The van der Waals surface area contributed by atoms with Gasteiger partial charge in [-0.2, -0.15) is 0 Å². The number of hydrogen-bond acceptors (Lipinski definition) is 8. The van der Waals surface area contributed by atoms with E-state index >= 15 is 0 Å². The molecular weight excluding hydrogens is 492 g/mol. The minimum Gasteiger partial charge on any atom is -0.386 e. The fourth-order valence-corrected chi connectivity index (χ4v) is 5.52. The van der Waals surface area contributed by atoms with Gasteiger partial charge in [0.1, 0.15) is 0 Å². The number of likely N-dealkylation sites (tertiary alicyclic amines) is 2. The molecule has 0 aliphatic carbocycles. The molecule has 0 saturated carbocycles. The second-order valence-electron chi connectivity index (χ2n) is 11.3. The van der Waals surface area contributed by atoms with Crippen molar-refractivity contribution in [3.05, 3.63) is 24.8 Å². The molecule has 8 N–H and O–H groups in total. The second-order valence-corrected chi connectivity index (χ2v) is 11.3. The monoisotopic (exact) mass is 548 g/mol. The van der Waals surface area contributed by atoms with E-state index in [9.17, 15) is 9.59 Å². The molecule has 39 heavy (non-hydrogen) atoms. The molecule has 0 atom stereocenters. The summed E-state index contributed by atoms with van der Waals surface area (Å²) in [7, 11) is 0. The van der Waals surface area contributed by atoms with Gasteiger partial charge in [-0.15, -0.1) is 0 Å². The SMILES string of the molecule is C=C(N)NCCCNC(=O)CCN1CCC(CCCC2CCN(CCC(=O)NCCCNC(=C)N)CC2)CC1. The van der Waals surface area contributed by atoms with E-state index < -0.39 is 0 Å². The summed E-state index contributed by atoms with van der Waals surface area (Å²) in [5.74, 6) is 2.88. The Hall–Kier alpha value is -2.46. The highest BCUT2D eigenvalue weighted by molar-refractivity contribution is 5.76. The maximum atomic E-state index is 12.1. The summed E-state index contributed by atoms with van der Waals surface area (Å²) in [5.41, 5.74) is 10.9. The van der Waals surface area contributed by atoms with Gasteiger partial charge in [0.05, 0.1) is 11.6 Å². The first-order valence-electron chi connectivity index (χ1n) is 15.2. The minimum atomic E-state index is 0.136. The number of piperidine rings is 2. The molecule has 0 aromatic heterocycles. The van der Waals surface area contributed by atoms with Crippen molar-refractivity contribution in [3.8, 4) is 0 Å². The van der Waals surface area contributed by atoms with Gasteiger partial charge in [-0.25, -0.2) is 0 Å². The Morgan fingerprint density at radius 2 is 0.974 bits per heavy atom. The van der Waals surface area contributed by atoms with Crippen LogP contribution < -0.4 is 32.7 Å². The van der Waals surface area contributed by atoms with Gasteiger partial charge in [0, 0.05) is 52.1 Å². The molecule has 0 unspecified atom stereocenters. The number of hydrogen-bond donors (Lipinski definition) is 6. The Balaban J connectivity index is 1.42.